The topological polar surface area (TPSA) is 69.5 Å². The van der Waals surface area contributed by atoms with Gasteiger partial charge in [0.2, 0.25) is 0 Å². The minimum absolute atomic E-state index is 0.0134. The average molecular weight is 431 g/mol. The second-order valence-corrected chi connectivity index (χ2v) is 14.5. The smallest absolute Gasteiger partial charge is 0.256 e. The first kappa shape index (κ1) is 22.6. The van der Waals surface area contributed by atoms with Crippen molar-refractivity contribution in [2.45, 2.75) is 64.9 Å². The van der Waals surface area contributed by atoms with Crippen LogP contribution >= 0.6 is 0 Å². The summed E-state index contributed by atoms with van der Waals surface area (Å²) in [6.45, 7) is 16.7. The second kappa shape index (κ2) is 8.61. The molecule has 1 saturated heterocycles. The summed E-state index contributed by atoms with van der Waals surface area (Å²) in [5.41, 5.74) is 2.31. The fourth-order valence-corrected chi connectivity index (χ4v) is 4.25. The number of rotatable bonds is 5. The molecule has 2 heterocycles. The van der Waals surface area contributed by atoms with E-state index >= 15 is 0 Å². The van der Waals surface area contributed by atoms with Gasteiger partial charge in [0.1, 0.15) is 0 Å². The van der Waals surface area contributed by atoms with Crippen molar-refractivity contribution in [2.75, 3.05) is 19.8 Å². The van der Waals surface area contributed by atoms with E-state index in [9.17, 15) is 4.79 Å². The summed E-state index contributed by atoms with van der Waals surface area (Å²) in [7, 11) is -1.88. The van der Waals surface area contributed by atoms with Gasteiger partial charge in [0.15, 0.2) is 8.32 Å². The number of ether oxygens (including phenoxy) is 1. The Morgan fingerprint density at radius 3 is 2.57 bits per heavy atom. The van der Waals surface area contributed by atoms with Crippen LogP contribution in [-0.4, -0.2) is 66.0 Å². The number of carbonyl (C=O) groups is 1. The van der Waals surface area contributed by atoms with Gasteiger partial charge in [0.25, 0.3) is 5.91 Å². The first-order valence-corrected chi connectivity index (χ1v) is 13.4. The maximum atomic E-state index is 13.6. The van der Waals surface area contributed by atoms with Gasteiger partial charge in [0.05, 0.1) is 49.0 Å². The van der Waals surface area contributed by atoms with Crippen LogP contribution in [0.25, 0.3) is 5.69 Å². The molecule has 3 rings (SSSR count). The van der Waals surface area contributed by atoms with Crippen LogP contribution in [-0.2, 0) is 9.16 Å². The standard InChI is InChI=1S/C22H34N4O3Si/c1-16-8-9-20(26-23-10-11-24-26)19(12-16)21(27)25-13-18(28-14-17(25)2)15-29-30(6,7)22(3,4)5/h8-12,17-18H,13-15H2,1-7H3/t17-,18-/m1/s1. The summed E-state index contributed by atoms with van der Waals surface area (Å²) < 4.78 is 12.4. The van der Waals surface area contributed by atoms with Gasteiger partial charge in [-0.3, -0.25) is 4.79 Å². The quantitative estimate of drug-likeness (QED) is 0.675. The van der Waals surface area contributed by atoms with Crippen molar-refractivity contribution in [3.8, 4) is 5.69 Å². The molecule has 0 aliphatic carbocycles. The van der Waals surface area contributed by atoms with Crippen molar-refractivity contribution >= 4 is 14.2 Å². The van der Waals surface area contributed by atoms with E-state index in [0.717, 1.165) is 5.56 Å². The highest BCUT2D eigenvalue weighted by Gasteiger charge is 2.39. The molecule has 0 N–H and O–H groups in total. The third-order valence-electron chi connectivity index (χ3n) is 6.22. The molecule has 0 bridgehead atoms. The van der Waals surface area contributed by atoms with Crippen LogP contribution < -0.4 is 0 Å². The minimum atomic E-state index is -1.88. The Labute approximate surface area is 180 Å². The Morgan fingerprint density at radius 1 is 1.27 bits per heavy atom. The van der Waals surface area contributed by atoms with Crippen LogP contribution in [0.1, 0.15) is 43.6 Å². The van der Waals surface area contributed by atoms with E-state index in [0.29, 0.717) is 31.0 Å². The minimum Gasteiger partial charge on any atom is -0.414 e. The summed E-state index contributed by atoms with van der Waals surface area (Å²) in [5.74, 6) is -0.0286. The van der Waals surface area contributed by atoms with Gasteiger partial charge in [-0.1, -0.05) is 32.4 Å². The number of carbonyl (C=O) groups excluding carboxylic acids is 1. The van der Waals surface area contributed by atoms with E-state index < -0.39 is 8.32 Å². The largest absolute Gasteiger partial charge is 0.414 e. The summed E-state index contributed by atoms with van der Waals surface area (Å²) in [6.07, 6.45) is 3.09. The van der Waals surface area contributed by atoms with Crippen molar-refractivity contribution in [2.24, 2.45) is 0 Å². The summed E-state index contributed by atoms with van der Waals surface area (Å²) in [4.78, 5) is 16.9. The van der Waals surface area contributed by atoms with E-state index in [4.69, 9.17) is 9.16 Å². The lowest BCUT2D eigenvalue weighted by atomic mass is 10.1. The Bertz CT molecular complexity index is 877. The first-order valence-electron chi connectivity index (χ1n) is 10.5. The van der Waals surface area contributed by atoms with Gasteiger partial charge in [-0.2, -0.15) is 15.0 Å². The molecule has 1 aromatic carbocycles. The van der Waals surface area contributed by atoms with E-state index in [1.165, 1.54) is 4.80 Å². The third kappa shape index (κ3) is 4.82. The SMILES string of the molecule is Cc1ccc(-n2nccn2)c(C(=O)N2C[C@H](CO[Si](C)(C)C(C)(C)C)OC[C@H]2C)c1. The first-order chi connectivity index (χ1) is 14.0. The molecule has 2 atom stereocenters. The second-order valence-electron chi connectivity index (χ2n) is 9.67. The predicted molar refractivity (Wildman–Crippen MR) is 119 cm³/mol. The number of amides is 1. The lowest BCUT2D eigenvalue weighted by Crippen LogP contribution is -2.53. The Hall–Kier alpha value is -2.03. The summed E-state index contributed by atoms with van der Waals surface area (Å²) in [5, 5.41) is 8.56. The van der Waals surface area contributed by atoms with Crippen LogP contribution in [0.5, 0.6) is 0 Å². The molecule has 7 nitrogen and oxygen atoms in total. The molecule has 0 saturated carbocycles. The number of morpholine rings is 1. The molecule has 30 heavy (non-hydrogen) atoms. The van der Waals surface area contributed by atoms with Crippen molar-refractivity contribution in [1.82, 2.24) is 19.9 Å². The normalized spacial score (nSPS) is 20.4. The number of benzene rings is 1. The van der Waals surface area contributed by atoms with Crippen LogP contribution in [0.15, 0.2) is 30.6 Å². The molecule has 0 unspecified atom stereocenters. The number of aryl methyl sites for hydroxylation is 1. The van der Waals surface area contributed by atoms with E-state index in [2.05, 4.69) is 44.1 Å². The fourth-order valence-electron chi connectivity index (χ4n) is 3.21. The molecule has 1 aliphatic rings. The summed E-state index contributed by atoms with van der Waals surface area (Å²) in [6, 6.07) is 5.75. The Balaban J connectivity index is 1.78. The lowest BCUT2D eigenvalue weighted by Gasteiger charge is -2.41. The molecule has 1 amide bonds. The highest BCUT2D eigenvalue weighted by atomic mass is 28.4. The number of hydrogen-bond donors (Lipinski definition) is 0. The molecule has 1 fully saturated rings. The molecule has 8 heteroatoms. The zero-order chi connectivity index (χ0) is 22.1. The molecule has 1 aromatic heterocycles. The average Bonchev–Trinajstić information content (AvgIpc) is 3.20. The van der Waals surface area contributed by atoms with Crippen LogP contribution in [0.2, 0.25) is 18.1 Å². The van der Waals surface area contributed by atoms with Crippen LogP contribution in [0, 0.1) is 6.92 Å². The van der Waals surface area contributed by atoms with Crippen molar-refractivity contribution in [1.29, 1.82) is 0 Å². The van der Waals surface area contributed by atoms with E-state index in [1.807, 2.05) is 36.9 Å². The van der Waals surface area contributed by atoms with E-state index in [1.54, 1.807) is 12.4 Å². The molecule has 164 valence electrons. The summed E-state index contributed by atoms with van der Waals surface area (Å²) >= 11 is 0. The molecular weight excluding hydrogens is 396 g/mol. The third-order valence-corrected chi connectivity index (χ3v) is 10.7. The monoisotopic (exact) mass is 430 g/mol. The molecular formula is C22H34N4O3Si. The number of aromatic nitrogens is 3. The van der Waals surface area contributed by atoms with Gasteiger partial charge in [-0.15, -0.1) is 0 Å². The molecule has 0 radical (unpaired) electrons. The van der Waals surface area contributed by atoms with Gasteiger partial charge in [-0.25, -0.2) is 0 Å². The van der Waals surface area contributed by atoms with Gasteiger partial charge in [-0.05, 0) is 44.1 Å². The van der Waals surface area contributed by atoms with E-state index in [-0.39, 0.29) is 23.1 Å². The van der Waals surface area contributed by atoms with Crippen LogP contribution in [0.3, 0.4) is 0 Å². The Morgan fingerprint density at radius 2 is 1.93 bits per heavy atom. The van der Waals surface area contributed by atoms with Gasteiger partial charge < -0.3 is 14.1 Å². The van der Waals surface area contributed by atoms with Crippen molar-refractivity contribution in [3.63, 3.8) is 0 Å². The number of nitrogens with zero attached hydrogens (tertiary/aromatic N) is 4. The highest BCUT2D eigenvalue weighted by molar-refractivity contribution is 6.74. The molecule has 1 aliphatic heterocycles. The Kier molecular flexibility index (Phi) is 6.50. The highest BCUT2D eigenvalue weighted by Crippen LogP contribution is 2.36. The van der Waals surface area contributed by atoms with Crippen LogP contribution in [0.4, 0.5) is 0 Å². The van der Waals surface area contributed by atoms with Crippen molar-refractivity contribution in [3.05, 3.63) is 41.7 Å². The lowest BCUT2D eigenvalue weighted by molar-refractivity contribution is -0.0645. The molecule has 0 spiro atoms. The molecule has 2 aromatic rings. The number of hydrogen-bond acceptors (Lipinski definition) is 5. The maximum absolute atomic E-state index is 13.6. The zero-order valence-electron chi connectivity index (χ0n) is 19.2. The zero-order valence-corrected chi connectivity index (χ0v) is 20.2. The van der Waals surface area contributed by atoms with Crippen molar-refractivity contribution < 1.29 is 14.0 Å². The van der Waals surface area contributed by atoms with Gasteiger partial charge in [0, 0.05) is 6.54 Å². The maximum Gasteiger partial charge on any atom is 0.256 e. The predicted octanol–water partition coefficient (Wildman–Crippen LogP) is 3.83. The fraction of sp³-hybridized carbons (Fsp3) is 0.591. The van der Waals surface area contributed by atoms with Gasteiger partial charge >= 0.3 is 0 Å².